The highest BCUT2D eigenvalue weighted by Gasteiger charge is 2.34. The van der Waals surface area contributed by atoms with Crippen molar-refractivity contribution in [1.29, 1.82) is 0 Å². The number of amides is 1. The van der Waals surface area contributed by atoms with Crippen molar-refractivity contribution in [1.82, 2.24) is 14.9 Å². The van der Waals surface area contributed by atoms with Gasteiger partial charge in [-0.2, -0.15) is 0 Å². The van der Waals surface area contributed by atoms with Crippen LogP contribution < -0.4 is 5.32 Å². The van der Waals surface area contributed by atoms with Gasteiger partial charge in [0.1, 0.15) is 5.82 Å². The van der Waals surface area contributed by atoms with E-state index in [2.05, 4.69) is 17.4 Å². The Morgan fingerprint density at radius 1 is 1.12 bits per heavy atom. The maximum atomic E-state index is 11.5. The monoisotopic (exact) mass is 498 g/mol. The van der Waals surface area contributed by atoms with Gasteiger partial charge in [0.05, 0.1) is 28.1 Å². The maximum absolute atomic E-state index is 11.5. The largest absolute Gasteiger partial charge is 0.465 e. The summed E-state index contributed by atoms with van der Waals surface area (Å²) in [5.74, 6) is 0.818. The van der Waals surface area contributed by atoms with E-state index in [1.54, 1.807) is 19.2 Å². The quantitative estimate of drug-likeness (QED) is 0.388. The van der Waals surface area contributed by atoms with Gasteiger partial charge in [-0.1, -0.05) is 61.3 Å². The van der Waals surface area contributed by atoms with Gasteiger partial charge in [-0.15, -0.1) is 0 Å². The number of nitrogens with one attached hydrogen (secondary N) is 1. The van der Waals surface area contributed by atoms with Crippen LogP contribution >= 0.6 is 23.2 Å². The molecule has 3 aromatic rings. The number of carbonyl (C=O) groups is 1. The van der Waals surface area contributed by atoms with Crippen LogP contribution in [0.3, 0.4) is 0 Å². The Balaban J connectivity index is 1.73. The summed E-state index contributed by atoms with van der Waals surface area (Å²) in [5, 5.41) is 14.2. The summed E-state index contributed by atoms with van der Waals surface area (Å²) in [6.45, 7) is 4.52. The van der Waals surface area contributed by atoms with Crippen LogP contribution in [0.5, 0.6) is 0 Å². The molecule has 1 aromatic heterocycles. The van der Waals surface area contributed by atoms with E-state index in [9.17, 15) is 9.90 Å². The number of aromatic nitrogens is 2. The van der Waals surface area contributed by atoms with Crippen molar-refractivity contribution >= 4 is 35.1 Å². The van der Waals surface area contributed by atoms with Gasteiger partial charge in [0.25, 0.3) is 0 Å². The molecule has 178 valence electrons. The Morgan fingerprint density at radius 2 is 1.85 bits per heavy atom. The summed E-state index contributed by atoms with van der Waals surface area (Å²) < 4.78 is 0. The molecule has 34 heavy (non-hydrogen) atoms. The molecule has 1 aliphatic carbocycles. The lowest BCUT2D eigenvalue weighted by atomic mass is 9.99. The standard InChI is InChI=1S/C26H28Cl2N4O2/c1-4-21-24(19-11-10-17(27)13-20(19)28)29-22(5-2)25(30-21)31-23-16(14-32(3)26(33)34)12-15-8-6-7-9-18(15)23/h6-11,13,16,23H,4-5,12,14H2,1-3H3,(H,30,31)(H,33,34)/t16-,23+/m0/s1. The van der Waals surface area contributed by atoms with Crippen LogP contribution in [-0.2, 0) is 19.3 Å². The second kappa shape index (κ2) is 10.2. The first-order valence-corrected chi connectivity index (χ1v) is 12.2. The fourth-order valence-electron chi connectivity index (χ4n) is 4.63. The summed E-state index contributed by atoms with van der Waals surface area (Å²) in [4.78, 5) is 22.8. The average Bonchev–Trinajstić information content (AvgIpc) is 3.15. The van der Waals surface area contributed by atoms with E-state index in [1.165, 1.54) is 16.0 Å². The number of rotatable bonds is 7. The molecule has 0 radical (unpaired) electrons. The Hall–Kier alpha value is -2.83. The number of carboxylic acid groups (broad SMARTS) is 1. The van der Waals surface area contributed by atoms with Gasteiger partial charge < -0.3 is 15.3 Å². The van der Waals surface area contributed by atoms with E-state index in [0.717, 1.165) is 34.9 Å². The Bertz CT molecular complexity index is 1220. The molecule has 2 N–H and O–H groups in total. The molecule has 2 atom stereocenters. The second-order valence-corrected chi connectivity index (χ2v) is 9.44. The molecule has 6 nitrogen and oxygen atoms in total. The summed E-state index contributed by atoms with van der Waals surface area (Å²) in [6.07, 6.45) is 1.25. The van der Waals surface area contributed by atoms with Crippen LogP contribution in [0.15, 0.2) is 42.5 Å². The topological polar surface area (TPSA) is 78.4 Å². The highest BCUT2D eigenvalue weighted by atomic mass is 35.5. The minimum atomic E-state index is -0.929. The third-order valence-corrected chi connectivity index (χ3v) is 6.91. The minimum Gasteiger partial charge on any atom is -0.465 e. The fourth-order valence-corrected chi connectivity index (χ4v) is 5.13. The van der Waals surface area contributed by atoms with Crippen LogP contribution in [0.1, 0.15) is 42.4 Å². The summed E-state index contributed by atoms with van der Waals surface area (Å²) in [5.41, 5.74) is 5.67. The van der Waals surface area contributed by atoms with Gasteiger partial charge in [0, 0.05) is 30.1 Å². The molecule has 0 spiro atoms. The lowest BCUT2D eigenvalue weighted by Gasteiger charge is -2.27. The first kappa shape index (κ1) is 24.3. The maximum Gasteiger partial charge on any atom is 0.407 e. The lowest BCUT2D eigenvalue weighted by molar-refractivity contribution is 0.147. The zero-order chi connectivity index (χ0) is 24.4. The molecule has 0 bridgehead atoms. The Labute approximate surface area is 210 Å². The molecule has 2 aromatic carbocycles. The Morgan fingerprint density at radius 3 is 2.53 bits per heavy atom. The third kappa shape index (κ3) is 4.84. The molecule has 0 unspecified atom stereocenters. The molecule has 0 saturated heterocycles. The first-order valence-electron chi connectivity index (χ1n) is 11.5. The summed E-state index contributed by atoms with van der Waals surface area (Å²) in [7, 11) is 1.61. The van der Waals surface area contributed by atoms with Gasteiger partial charge in [0.15, 0.2) is 0 Å². The number of benzene rings is 2. The highest BCUT2D eigenvalue weighted by molar-refractivity contribution is 6.36. The van der Waals surface area contributed by atoms with Gasteiger partial charge in [-0.3, -0.25) is 0 Å². The predicted molar refractivity (Wildman–Crippen MR) is 137 cm³/mol. The second-order valence-electron chi connectivity index (χ2n) is 8.59. The van der Waals surface area contributed by atoms with Crippen LogP contribution in [0.4, 0.5) is 10.6 Å². The van der Waals surface area contributed by atoms with Crippen molar-refractivity contribution in [2.75, 3.05) is 18.9 Å². The predicted octanol–water partition coefficient (Wildman–Crippen LogP) is 6.51. The van der Waals surface area contributed by atoms with Crippen molar-refractivity contribution in [3.63, 3.8) is 0 Å². The number of nitrogens with zero attached hydrogens (tertiary/aromatic N) is 3. The average molecular weight is 499 g/mol. The van der Waals surface area contributed by atoms with E-state index >= 15 is 0 Å². The number of anilines is 1. The van der Waals surface area contributed by atoms with Gasteiger partial charge in [-0.05, 0) is 48.6 Å². The zero-order valence-corrected chi connectivity index (χ0v) is 21.0. The van der Waals surface area contributed by atoms with E-state index in [1.807, 2.05) is 32.0 Å². The number of hydrogen-bond acceptors (Lipinski definition) is 4. The first-order chi connectivity index (χ1) is 16.3. The number of halogens is 2. The summed E-state index contributed by atoms with van der Waals surface area (Å²) in [6, 6.07) is 13.6. The van der Waals surface area contributed by atoms with Crippen molar-refractivity contribution in [2.24, 2.45) is 5.92 Å². The smallest absolute Gasteiger partial charge is 0.407 e. The highest BCUT2D eigenvalue weighted by Crippen LogP contribution is 2.40. The lowest BCUT2D eigenvalue weighted by Crippen LogP contribution is -2.34. The molecule has 1 heterocycles. The molecule has 0 fully saturated rings. The van der Waals surface area contributed by atoms with E-state index in [4.69, 9.17) is 33.2 Å². The molecule has 0 aliphatic heterocycles. The van der Waals surface area contributed by atoms with Crippen molar-refractivity contribution in [3.8, 4) is 11.3 Å². The van der Waals surface area contributed by atoms with Crippen LogP contribution in [0.25, 0.3) is 11.3 Å². The van der Waals surface area contributed by atoms with E-state index in [-0.39, 0.29) is 12.0 Å². The number of fused-ring (bicyclic) bond motifs is 1. The van der Waals surface area contributed by atoms with Crippen molar-refractivity contribution in [3.05, 3.63) is 75.0 Å². The molecule has 1 amide bonds. The third-order valence-electron chi connectivity index (χ3n) is 6.37. The molecular formula is C26H28Cl2N4O2. The summed E-state index contributed by atoms with van der Waals surface area (Å²) >= 11 is 12.6. The zero-order valence-electron chi connectivity index (χ0n) is 19.5. The molecular weight excluding hydrogens is 471 g/mol. The van der Waals surface area contributed by atoms with Crippen LogP contribution in [-0.4, -0.2) is 39.7 Å². The van der Waals surface area contributed by atoms with Crippen molar-refractivity contribution in [2.45, 2.75) is 39.2 Å². The number of aryl methyl sites for hydroxylation is 2. The van der Waals surface area contributed by atoms with Crippen LogP contribution in [0, 0.1) is 5.92 Å². The Kier molecular flexibility index (Phi) is 7.29. The van der Waals surface area contributed by atoms with Gasteiger partial charge in [0.2, 0.25) is 0 Å². The van der Waals surface area contributed by atoms with E-state index in [0.29, 0.717) is 29.4 Å². The minimum absolute atomic E-state index is 0.0627. The van der Waals surface area contributed by atoms with Crippen molar-refractivity contribution < 1.29 is 9.90 Å². The normalized spacial score (nSPS) is 16.9. The SMILES string of the molecule is CCc1nc(-c2ccc(Cl)cc2Cl)c(CC)nc1N[C@H]1c2ccccc2C[C@H]1CN(C)C(=O)O. The van der Waals surface area contributed by atoms with Crippen LogP contribution in [0.2, 0.25) is 10.0 Å². The van der Waals surface area contributed by atoms with E-state index < -0.39 is 6.09 Å². The fraction of sp³-hybridized carbons (Fsp3) is 0.346. The molecule has 1 aliphatic rings. The van der Waals surface area contributed by atoms with Gasteiger partial charge >= 0.3 is 6.09 Å². The number of hydrogen-bond donors (Lipinski definition) is 2. The molecule has 4 rings (SSSR count). The van der Waals surface area contributed by atoms with Gasteiger partial charge in [-0.25, -0.2) is 14.8 Å². The molecule has 0 saturated carbocycles. The molecule has 8 heteroatoms.